The van der Waals surface area contributed by atoms with Gasteiger partial charge in [-0.3, -0.25) is 0 Å². The minimum Gasteiger partial charge on any atom is -0.204 e. The van der Waals surface area contributed by atoms with E-state index in [1.54, 1.807) is 13.8 Å². The minimum absolute atomic E-state index is 0.0475. The average molecular weight is 265 g/mol. The van der Waals surface area contributed by atoms with Gasteiger partial charge in [0, 0.05) is 5.56 Å². The van der Waals surface area contributed by atoms with Crippen LogP contribution in [0, 0.1) is 11.6 Å². The van der Waals surface area contributed by atoms with Gasteiger partial charge in [0.2, 0.25) is 0 Å². The van der Waals surface area contributed by atoms with E-state index in [4.69, 9.17) is 9.05 Å². The topological polar surface area (TPSA) is 38.7 Å². The monoisotopic (exact) mass is 265 g/mol. The van der Waals surface area contributed by atoms with Crippen LogP contribution in [0.1, 0.15) is 19.4 Å². The van der Waals surface area contributed by atoms with Crippen molar-refractivity contribution in [2.75, 3.05) is 13.2 Å². The lowest BCUT2D eigenvalue weighted by Gasteiger charge is -2.15. The molecule has 0 aliphatic carbocycles. The van der Waals surface area contributed by atoms with E-state index in [2.05, 4.69) is 0 Å². The Morgan fingerprint density at radius 1 is 1.12 bits per heavy atom. The molecular formula is C11H16F2O3P+. The van der Waals surface area contributed by atoms with Gasteiger partial charge in [-0.1, -0.05) is 6.07 Å². The summed E-state index contributed by atoms with van der Waals surface area (Å²) in [5, 5.41) is 0. The van der Waals surface area contributed by atoms with Crippen LogP contribution in [0.5, 0.6) is 0 Å². The maximum atomic E-state index is 13.0. The second-order valence-electron chi connectivity index (χ2n) is 3.38. The van der Waals surface area contributed by atoms with E-state index < -0.39 is 19.6 Å². The minimum atomic E-state index is -3.02. The van der Waals surface area contributed by atoms with Crippen molar-refractivity contribution in [1.82, 2.24) is 0 Å². The van der Waals surface area contributed by atoms with Crippen molar-refractivity contribution >= 4 is 7.94 Å². The second kappa shape index (κ2) is 6.36. The first kappa shape index (κ1) is 14.5. The summed E-state index contributed by atoms with van der Waals surface area (Å²) in [7, 11) is -3.02. The molecule has 0 aliphatic heterocycles. The van der Waals surface area contributed by atoms with Gasteiger partial charge in [0.15, 0.2) is 17.8 Å². The van der Waals surface area contributed by atoms with E-state index in [0.717, 1.165) is 12.1 Å². The summed E-state index contributed by atoms with van der Waals surface area (Å²) in [6.45, 7) is 4.06. The highest BCUT2D eigenvalue weighted by molar-refractivity contribution is 7.59. The highest BCUT2D eigenvalue weighted by atomic mass is 31.2. The molecule has 1 rings (SSSR count). The Morgan fingerprint density at radius 2 is 1.71 bits per heavy atom. The van der Waals surface area contributed by atoms with Crippen molar-refractivity contribution in [1.29, 1.82) is 0 Å². The Morgan fingerprint density at radius 3 is 2.18 bits per heavy atom. The van der Waals surface area contributed by atoms with Gasteiger partial charge in [0.1, 0.15) is 0 Å². The van der Waals surface area contributed by atoms with E-state index in [0.29, 0.717) is 18.8 Å². The van der Waals surface area contributed by atoms with Crippen molar-refractivity contribution in [3.63, 3.8) is 0 Å². The largest absolute Gasteiger partial charge is 0.413 e. The van der Waals surface area contributed by atoms with Crippen molar-refractivity contribution in [2.45, 2.75) is 20.0 Å². The summed E-state index contributed by atoms with van der Waals surface area (Å²) in [5.41, 5.74) is 0.446. The third kappa shape index (κ3) is 4.28. The van der Waals surface area contributed by atoms with Gasteiger partial charge in [-0.25, -0.2) is 8.78 Å². The van der Waals surface area contributed by atoms with Crippen molar-refractivity contribution in [3.8, 4) is 0 Å². The number of halogens is 2. The SMILES string of the molecule is CCO[P+](O)(Cc1ccc(F)c(F)c1)OCC. The maximum absolute atomic E-state index is 13.0. The molecule has 6 heteroatoms. The molecule has 0 unspecified atom stereocenters. The molecule has 0 saturated carbocycles. The molecule has 0 spiro atoms. The normalized spacial score (nSPS) is 11.8. The molecule has 0 aromatic heterocycles. The van der Waals surface area contributed by atoms with Gasteiger partial charge < -0.3 is 0 Å². The molecule has 1 aromatic rings. The molecule has 1 aromatic carbocycles. The van der Waals surface area contributed by atoms with Gasteiger partial charge in [-0.2, -0.15) is 13.9 Å². The lowest BCUT2D eigenvalue weighted by atomic mass is 10.2. The predicted molar refractivity (Wildman–Crippen MR) is 62.5 cm³/mol. The Labute approximate surface area is 100.0 Å². The summed E-state index contributed by atoms with van der Waals surface area (Å²) >= 11 is 0. The van der Waals surface area contributed by atoms with Gasteiger partial charge >= 0.3 is 7.94 Å². The average Bonchev–Trinajstić information content (AvgIpc) is 2.24. The zero-order valence-electron chi connectivity index (χ0n) is 9.82. The first-order chi connectivity index (χ1) is 8.00. The molecule has 3 nitrogen and oxygen atoms in total. The lowest BCUT2D eigenvalue weighted by molar-refractivity contribution is 0.188. The summed E-state index contributed by atoms with van der Waals surface area (Å²) in [6.07, 6.45) is 0.0475. The van der Waals surface area contributed by atoms with Crippen LogP contribution in [0.15, 0.2) is 18.2 Å². The molecule has 96 valence electrons. The van der Waals surface area contributed by atoms with Crippen LogP contribution in [0.4, 0.5) is 8.78 Å². The molecule has 0 bridgehead atoms. The highest BCUT2D eigenvalue weighted by Crippen LogP contribution is 2.59. The number of hydrogen-bond donors (Lipinski definition) is 1. The fraction of sp³-hybridized carbons (Fsp3) is 0.455. The van der Waals surface area contributed by atoms with Crippen molar-refractivity contribution in [2.24, 2.45) is 0 Å². The van der Waals surface area contributed by atoms with Gasteiger partial charge in [-0.15, -0.1) is 0 Å². The lowest BCUT2D eigenvalue weighted by Crippen LogP contribution is -2.06. The molecule has 0 amide bonds. The van der Waals surface area contributed by atoms with Crippen LogP contribution in [0.2, 0.25) is 0 Å². The van der Waals surface area contributed by atoms with Gasteiger partial charge in [-0.05, 0) is 26.0 Å². The fourth-order valence-corrected chi connectivity index (χ4v) is 3.12. The zero-order valence-corrected chi connectivity index (χ0v) is 10.7. The smallest absolute Gasteiger partial charge is 0.204 e. The second-order valence-corrected chi connectivity index (χ2v) is 5.49. The molecule has 0 atom stereocenters. The predicted octanol–water partition coefficient (Wildman–Crippen LogP) is 3.29. The third-order valence-corrected chi connectivity index (χ3v) is 4.12. The van der Waals surface area contributed by atoms with Crippen LogP contribution >= 0.6 is 7.94 Å². The molecule has 17 heavy (non-hydrogen) atoms. The quantitative estimate of drug-likeness (QED) is 0.802. The van der Waals surface area contributed by atoms with Crippen LogP contribution in [-0.2, 0) is 15.2 Å². The molecule has 0 saturated heterocycles. The number of hydrogen-bond acceptors (Lipinski definition) is 3. The summed E-state index contributed by atoms with van der Waals surface area (Å²) < 4.78 is 36.1. The Hall–Kier alpha value is -0.610. The zero-order chi connectivity index (χ0) is 12.9. The van der Waals surface area contributed by atoms with Crippen LogP contribution in [-0.4, -0.2) is 18.1 Å². The third-order valence-electron chi connectivity index (χ3n) is 2.03. The van der Waals surface area contributed by atoms with E-state index in [1.165, 1.54) is 6.07 Å². The fourth-order valence-electron chi connectivity index (χ4n) is 1.40. The number of benzene rings is 1. The van der Waals surface area contributed by atoms with E-state index in [-0.39, 0.29) is 6.16 Å². The van der Waals surface area contributed by atoms with Crippen molar-refractivity contribution in [3.05, 3.63) is 35.4 Å². The standard InChI is InChI=1S/C11H16F2O3P/c1-3-15-17(14,16-4-2)8-9-5-6-10(12)11(13)7-9/h5-7,14H,3-4,8H2,1-2H3/q+1. The van der Waals surface area contributed by atoms with E-state index >= 15 is 0 Å². The molecule has 1 N–H and O–H groups in total. The summed E-state index contributed by atoms with van der Waals surface area (Å²) in [5.74, 6) is -1.86. The van der Waals surface area contributed by atoms with Gasteiger partial charge in [0.05, 0.1) is 13.2 Å². The van der Waals surface area contributed by atoms with Crippen LogP contribution in [0.25, 0.3) is 0 Å². The summed E-state index contributed by atoms with van der Waals surface area (Å²) in [4.78, 5) is 10.1. The first-order valence-electron chi connectivity index (χ1n) is 5.34. The van der Waals surface area contributed by atoms with Crippen LogP contribution < -0.4 is 0 Å². The molecule has 0 radical (unpaired) electrons. The Kier molecular flexibility index (Phi) is 5.40. The first-order valence-corrected chi connectivity index (χ1v) is 7.11. The summed E-state index contributed by atoms with van der Waals surface area (Å²) in [6, 6.07) is 3.46. The Balaban J connectivity index is 2.81. The van der Waals surface area contributed by atoms with Crippen molar-refractivity contribution < 1.29 is 22.7 Å². The van der Waals surface area contributed by atoms with Gasteiger partial charge in [0.25, 0.3) is 0 Å². The van der Waals surface area contributed by atoms with E-state index in [1.807, 2.05) is 0 Å². The number of rotatable bonds is 6. The molecule has 0 fully saturated rings. The molecule has 0 heterocycles. The Bertz CT molecular complexity index is 368. The maximum Gasteiger partial charge on any atom is 0.413 e. The molecular weight excluding hydrogens is 249 g/mol. The molecule has 0 aliphatic rings. The highest BCUT2D eigenvalue weighted by Gasteiger charge is 2.40. The van der Waals surface area contributed by atoms with Crippen LogP contribution in [0.3, 0.4) is 0 Å². The van der Waals surface area contributed by atoms with E-state index in [9.17, 15) is 13.7 Å².